The van der Waals surface area contributed by atoms with Gasteiger partial charge in [-0.3, -0.25) is 4.98 Å². The molecule has 2 heterocycles. The Morgan fingerprint density at radius 3 is 2.38 bits per heavy atom. The van der Waals surface area contributed by atoms with Gasteiger partial charge in [-0.25, -0.2) is 0 Å². The van der Waals surface area contributed by atoms with Crippen LogP contribution in [-0.4, -0.2) is 34.6 Å². The fraction of sp³-hybridized carbons (Fsp3) is 0.389. The molecule has 1 aromatic heterocycles. The van der Waals surface area contributed by atoms with Crippen molar-refractivity contribution in [3.8, 4) is 0 Å². The van der Waals surface area contributed by atoms with Crippen LogP contribution in [0.2, 0.25) is 0 Å². The minimum atomic E-state index is -0.746. The van der Waals surface area contributed by atoms with Gasteiger partial charge >= 0.3 is 0 Å². The molecule has 0 amide bonds. The number of hydrogen-bond acceptors (Lipinski definition) is 3. The Balaban J connectivity index is 1.53. The molecule has 3 heteroatoms. The van der Waals surface area contributed by atoms with Gasteiger partial charge in [-0.05, 0) is 37.0 Å². The third-order valence-electron chi connectivity index (χ3n) is 4.38. The molecule has 0 bridgehead atoms. The number of pyridine rings is 1. The monoisotopic (exact) mass is 282 g/mol. The zero-order valence-corrected chi connectivity index (χ0v) is 12.3. The number of aromatic nitrogens is 1. The molecule has 0 aliphatic carbocycles. The number of aliphatic hydroxyl groups is 1. The molecule has 1 saturated heterocycles. The number of likely N-dealkylation sites (tertiary alicyclic amines) is 1. The van der Waals surface area contributed by atoms with Crippen LogP contribution in [0.4, 0.5) is 0 Å². The molecule has 0 atom stereocenters. The summed E-state index contributed by atoms with van der Waals surface area (Å²) in [7, 11) is 0. The highest BCUT2D eigenvalue weighted by atomic mass is 16.3. The molecule has 3 rings (SSSR count). The van der Waals surface area contributed by atoms with Crippen LogP contribution in [0.15, 0.2) is 54.7 Å². The van der Waals surface area contributed by atoms with Crippen molar-refractivity contribution >= 4 is 0 Å². The van der Waals surface area contributed by atoms with Crippen LogP contribution in [0.1, 0.15) is 24.1 Å². The number of piperidine rings is 1. The summed E-state index contributed by atoms with van der Waals surface area (Å²) in [5.74, 6) is 0. The first kappa shape index (κ1) is 14.2. The van der Waals surface area contributed by atoms with E-state index >= 15 is 0 Å². The van der Waals surface area contributed by atoms with E-state index in [1.165, 1.54) is 5.56 Å². The minimum absolute atomic E-state index is 0.746. The molecule has 0 saturated carbocycles. The quantitative estimate of drug-likeness (QED) is 0.936. The SMILES string of the molecule is OC1(c2ccccn2)CCN(CCc2ccccc2)CC1. The summed E-state index contributed by atoms with van der Waals surface area (Å²) in [4.78, 5) is 6.76. The molecule has 110 valence electrons. The van der Waals surface area contributed by atoms with E-state index in [1.807, 2.05) is 18.2 Å². The second kappa shape index (κ2) is 6.37. The van der Waals surface area contributed by atoms with Crippen LogP contribution < -0.4 is 0 Å². The first-order valence-corrected chi connectivity index (χ1v) is 7.66. The van der Waals surface area contributed by atoms with Crippen LogP contribution >= 0.6 is 0 Å². The largest absolute Gasteiger partial charge is 0.383 e. The maximum absolute atomic E-state index is 10.8. The van der Waals surface area contributed by atoms with E-state index in [1.54, 1.807) is 6.20 Å². The summed E-state index contributed by atoms with van der Waals surface area (Å²) in [5.41, 5.74) is 1.44. The van der Waals surface area contributed by atoms with Crippen molar-refractivity contribution in [3.63, 3.8) is 0 Å². The van der Waals surface area contributed by atoms with Crippen molar-refractivity contribution < 1.29 is 5.11 Å². The Kier molecular flexibility index (Phi) is 4.32. The lowest BCUT2D eigenvalue weighted by Gasteiger charge is -2.37. The standard InChI is InChI=1S/C18H22N2O/c21-18(17-8-4-5-12-19-17)10-14-20(15-11-18)13-9-16-6-2-1-3-7-16/h1-8,12,21H,9-11,13-15H2. The average molecular weight is 282 g/mol. The third-order valence-corrected chi connectivity index (χ3v) is 4.38. The number of rotatable bonds is 4. The molecule has 1 aliphatic heterocycles. The topological polar surface area (TPSA) is 36.4 Å². The molecule has 0 unspecified atom stereocenters. The van der Waals surface area contributed by atoms with Crippen molar-refractivity contribution in [2.45, 2.75) is 24.9 Å². The molecule has 2 aromatic rings. The molecule has 1 aliphatic rings. The van der Waals surface area contributed by atoms with E-state index in [0.29, 0.717) is 0 Å². The van der Waals surface area contributed by atoms with Gasteiger partial charge in [-0.15, -0.1) is 0 Å². The van der Waals surface area contributed by atoms with Crippen LogP contribution in [0, 0.1) is 0 Å². The highest BCUT2D eigenvalue weighted by Gasteiger charge is 2.34. The predicted molar refractivity (Wildman–Crippen MR) is 84.0 cm³/mol. The molecule has 0 spiro atoms. The Bertz CT molecular complexity index is 548. The molecular weight excluding hydrogens is 260 g/mol. The fourth-order valence-electron chi connectivity index (χ4n) is 2.97. The first-order chi connectivity index (χ1) is 10.3. The summed E-state index contributed by atoms with van der Waals surface area (Å²) in [6.45, 7) is 2.92. The number of nitrogens with zero attached hydrogens (tertiary/aromatic N) is 2. The average Bonchev–Trinajstić information content (AvgIpc) is 2.56. The summed E-state index contributed by atoms with van der Waals surface area (Å²) < 4.78 is 0. The predicted octanol–water partition coefficient (Wildman–Crippen LogP) is 2.61. The van der Waals surface area contributed by atoms with Crippen LogP contribution in [-0.2, 0) is 12.0 Å². The summed E-state index contributed by atoms with van der Waals surface area (Å²) in [5, 5.41) is 10.8. The van der Waals surface area contributed by atoms with Gasteiger partial charge in [0.1, 0.15) is 5.60 Å². The molecule has 21 heavy (non-hydrogen) atoms. The summed E-state index contributed by atoms with van der Waals surface area (Å²) in [6, 6.07) is 16.3. The maximum atomic E-state index is 10.8. The van der Waals surface area contributed by atoms with Gasteiger partial charge in [-0.1, -0.05) is 36.4 Å². The highest BCUT2D eigenvalue weighted by Crippen LogP contribution is 2.31. The smallest absolute Gasteiger partial charge is 0.109 e. The number of hydrogen-bond donors (Lipinski definition) is 1. The second-order valence-electron chi connectivity index (χ2n) is 5.82. The summed E-state index contributed by atoms with van der Waals surface area (Å²) >= 11 is 0. The molecule has 0 radical (unpaired) electrons. The van der Waals surface area contributed by atoms with E-state index < -0.39 is 5.60 Å². The zero-order chi connectivity index (χ0) is 14.5. The van der Waals surface area contributed by atoms with E-state index in [0.717, 1.165) is 44.6 Å². The van der Waals surface area contributed by atoms with E-state index in [-0.39, 0.29) is 0 Å². The number of benzene rings is 1. The van der Waals surface area contributed by atoms with Gasteiger partial charge in [0.2, 0.25) is 0 Å². The lowest BCUT2D eigenvalue weighted by Crippen LogP contribution is -2.43. The Morgan fingerprint density at radius 2 is 1.71 bits per heavy atom. The van der Waals surface area contributed by atoms with E-state index in [2.05, 4.69) is 40.2 Å². The summed E-state index contributed by atoms with van der Waals surface area (Å²) in [6.07, 6.45) is 4.36. The van der Waals surface area contributed by atoms with Gasteiger partial charge < -0.3 is 10.0 Å². The van der Waals surface area contributed by atoms with Gasteiger partial charge in [0.05, 0.1) is 5.69 Å². The van der Waals surface area contributed by atoms with Crippen molar-refractivity contribution in [2.24, 2.45) is 0 Å². The van der Waals surface area contributed by atoms with Crippen LogP contribution in [0.5, 0.6) is 0 Å². The van der Waals surface area contributed by atoms with Gasteiger partial charge in [0.25, 0.3) is 0 Å². The van der Waals surface area contributed by atoms with E-state index in [4.69, 9.17) is 0 Å². The third kappa shape index (κ3) is 3.49. The molecule has 1 N–H and O–H groups in total. The molecule has 1 fully saturated rings. The minimum Gasteiger partial charge on any atom is -0.383 e. The Morgan fingerprint density at radius 1 is 1.00 bits per heavy atom. The lowest BCUT2D eigenvalue weighted by molar-refractivity contribution is -0.0289. The Labute approximate surface area is 126 Å². The van der Waals surface area contributed by atoms with Gasteiger partial charge in [-0.2, -0.15) is 0 Å². The van der Waals surface area contributed by atoms with Crippen LogP contribution in [0.25, 0.3) is 0 Å². The zero-order valence-electron chi connectivity index (χ0n) is 12.3. The first-order valence-electron chi connectivity index (χ1n) is 7.66. The van der Waals surface area contributed by atoms with Gasteiger partial charge in [0, 0.05) is 25.8 Å². The molecule has 3 nitrogen and oxygen atoms in total. The molecular formula is C18H22N2O. The Hall–Kier alpha value is -1.71. The fourth-order valence-corrected chi connectivity index (χ4v) is 2.97. The lowest BCUT2D eigenvalue weighted by atomic mass is 9.87. The maximum Gasteiger partial charge on any atom is 0.109 e. The van der Waals surface area contributed by atoms with E-state index in [9.17, 15) is 5.11 Å². The molecule has 1 aromatic carbocycles. The van der Waals surface area contributed by atoms with Gasteiger partial charge in [0.15, 0.2) is 0 Å². The van der Waals surface area contributed by atoms with Crippen molar-refractivity contribution in [1.29, 1.82) is 0 Å². The van der Waals surface area contributed by atoms with Crippen LogP contribution in [0.3, 0.4) is 0 Å². The highest BCUT2D eigenvalue weighted by molar-refractivity contribution is 5.16. The van der Waals surface area contributed by atoms with Crippen molar-refractivity contribution in [1.82, 2.24) is 9.88 Å². The second-order valence-corrected chi connectivity index (χ2v) is 5.82. The van der Waals surface area contributed by atoms with Crippen molar-refractivity contribution in [3.05, 3.63) is 66.0 Å². The van der Waals surface area contributed by atoms with Crippen molar-refractivity contribution in [2.75, 3.05) is 19.6 Å². The normalized spacial score (nSPS) is 18.5.